The molecule has 0 radical (unpaired) electrons. The molecule has 0 saturated heterocycles. The van der Waals surface area contributed by atoms with Crippen molar-refractivity contribution < 1.29 is 9.37 Å². The maximum Gasteiger partial charge on any atom is 0.357 e. The summed E-state index contributed by atoms with van der Waals surface area (Å²) in [6.07, 6.45) is 1.54. The molecule has 2 heteroatoms. The molecule has 1 heterocycles. The standard InChI is InChI=1S/C5H4FN/c6-5-3-1-2-4-7-5/h1-4H/p+1. The fourth-order valence-corrected chi connectivity index (χ4v) is 0.371. The Morgan fingerprint density at radius 1 is 1.43 bits per heavy atom. The minimum atomic E-state index is -0.303. The van der Waals surface area contributed by atoms with Crippen LogP contribution in [0.15, 0.2) is 24.4 Å². The first-order valence-electron chi connectivity index (χ1n) is 2.02. The summed E-state index contributed by atoms with van der Waals surface area (Å²) in [6.45, 7) is 0. The molecule has 0 aliphatic rings. The molecule has 0 bridgehead atoms. The molecule has 1 nitrogen and oxygen atoms in total. The molecular weight excluding hydrogens is 93.1 g/mol. The van der Waals surface area contributed by atoms with E-state index in [0.29, 0.717) is 0 Å². The summed E-state index contributed by atoms with van der Waals surface area (Å²) in [5, 5.41) is 0. The van der Waals surface area contributed by atoms with Gasteiger partial charge in [-0.2, -0.15) is 4.98 Å². The Morgan fingerprint density at radius 2 is 2.29 bits per heavy atom. The van der Waals surface area contributed by atoms with Crippen molar-refractivity contribution in [1.29, 1.82) is 0 Å². The lowest BCUT2D eigenvalue weighted by atomic mass is 10.5. The van der Waals surface area contributed by atoms with Gasteiger partial charge in [-0.15, -0.1) is 4.39 Å². The van der Waals surface area contributed by atoms with Crippen LogP contribution in [-0.2, 0) is 0 Å². The highest BCUT2D eigenvalue weighted by atomic mass is 19.1. The molecule has 0 fully saturated rings. The van der Waals surface area contributed by atoms with Crippen molar-refractivity contribution in [2.45, 2.75) is 0 Å². The number of H-pyrrole nitrogens is 1. The summed E-state index contributed by atoms with van der Waals surface area (Å²) in [6, 6.07) is 4.72. The van der Waals surface area contributed by atoms with Crippen molar-refractivity contribution in [2.24, 2.45) is 0 Å². The van der Waals surface area contributed by atoms with Gasteiger partial charge in [0.25, 0.3) is 0 Å². The molecule has 0 spiro atoms. The van der Waals surface area contributed by atoms with E-state index < -0.39 is 0 Å². The Kier molecular flexibility index (Phi) is 1.02. The van der Waals surface area contributed by atoms with Gasteiger partial charge in [-0.05, 0) is 6.07 Å². The third-order valence-corrected chi connectivity index (χ3v) is 0.671. The van der Waals surface area contributed by atoms with Gasteiger partial charge in [-0.25, -0.2) is 0 Å². The Balaban J connectivity index is 3.02. The zero-order valence-corrected chi connectivity index (χ0v) is 3.69. The van der Waals surface area contributed by atoms with E-state index in [1.54, 1.807) is 12.1 Å². The predicted octanol–water partition coefficient (Wildman–Crippen LogP) is 0.640. The van der Waals surface area contributed by atoms with Crippen molar-refractivity contribution in [1.82, 2.24) is 0 Å². The lowest BCUT2D eigenvalue weighted by molar-refractivity contribution is -0.421. The number of aromatic amines is 1. The third kappa shape index (κ3) is 0.961. The van der Waals surface area contributed by atoms with Gasteiger partial charge in [0.2, 0.25) is 0 Å². The van der Waals surface area contributed by atoms with E-state index in [0.717, 1.165) is 0 Å². The van der Waals surface area contributed by atoms with E-state index in [1.165, 1.54) is 12.3 Å². The van der Waals surface area contributed by atoms with Crippen molar-refractivity contribution in [3.05, 3.63) is 30.3 Å². The fourth-order valence-electron chi connectivity index (χ4n) is 0.371. The molecule has 0 aliphatic carbocycles. The minimum absolute atomic E-state index is 0.303. The molecule has 0 saturated carbocycles. The van der Waals surface area contributed by atoms with Crippen LogP contribution >= 0.6 is 0 Å². The molecule has 36 valence electrons. The molecule has 0 aliphatic heterocycles. The quantitative estimate of drug-likeness (QED) is 0.423. The van der Waals surface area contributed by atoms with Gasteiger partial charge >= 0.3 is 5.95 Å². The summed E-state index contributed by atoms with van der Waals surface area (Å²) in [4.78, 5) is 2.36. The molecule has 1 aromatic heterocycles. The maximum atomic E-state index is 11.9. The number of halogens is 1. The average Bonchev–Trinajstić information content (AvgIpc) is 1.69. The van der Waals surface area contributed by atoms with E-state index in [-0.39, 0.29) is 5.95 Å². The van der Waals surface area contributed by atoms with Crippen molar-refractivity contribution >= 4 is 0 Å². The number of hydrogen-bond donors (Lipinski definition) is 0. The zero-order valence-electron chi connectivity index (χ0n) is 3.69. The van der Waals surface area contributed by atoms with Crippen molar-refractivity contribution in [2.75, 3.05) is 0 Å². The number of rotatable bonds is 0. The second-order valence-electron chi connectivity index (χ2n) is 1.21. The van der Waals surface area contributed by atoms with Crippen LogP contribution in [-0.4, -0.2) is 0 Å². The summed E-state index contributed by atoms with van der Waals surface area (Å²) in [7, 11) is 0. The lowest BCUT2D eigenvalue weighted by Gasteiger charge is -1.70. The highest BCUT2D eigenvalue weighted by Crippen LogP contribution is 1.80. The maximum absolute atomic E-state index is 11.9. The summed E-state index contributed by atoms with van der Waals surface area (Å²) in [5.41, 5.74) is 0. The van der Waals surface area contributed by atoms with Gasteiger partial charge in [-0.1, -0.05) is 0 Å². The van der Waals surface area contributed by atoms with E-state index in [2.05, 4.69) is 4.98 Å². The van der Waals surface area contributed by atoms with Crippen LogP contribution in [0.4, 0.5) is 4.39 Å². The number of hydrogen-bond acceptors (Lipinski definition) is 0. The van der Waals surface area contributed by atoms with Gasteiger partial charge in [0.05, 0.1) is 0 Å². The lowest BCUT2D eigenvalue weighted by Crippen LogP contribution is -2.04. The van der Waals surface area contributed by atoms with E-state index in [1.807, 2.05) is 0 Å². The van der Waals surface area contributed by atoms with Gasteiger partial charge in [-0.3, -0.25) is 0 Å². The number of pyridine rings is 1. The van der Waals surface area contributed by atoms with Crippen molar-refractivity contribution in [3.63, 3.8) is 0 Å². The average molecular weight is 98.1 g/mol. The highest BCUT2D eigenvalue weighted by Gasteiger charge is 1.87. The van der Waals surface area contributed by atoms with E-state index in [9.17, 15) is 4.39 Å². The second kappa shape index (κ2) is 1.69. The largest absolute Gasteiger partial charge is 0.357 e. The topological polar surface area (TPSA) is 14.1 Å². The van der Waals surface area contributed by atoms with Crippen LogP contribution in [0.1, 0.15) is 0 Å². The first kappa shape index (κ1) is 4.24. The fraction of sp³-hybridized carbons (Fsp3) is 0. The highest BCUT2D eigenvalue weighted by molar-refractivity contribution is 4.84. The van der Waals surface area contributed by atoms with Gasteiger partial charge in [0.1, 0.15) is 0 Å². The van der Waals surface area contributed by atoms with Gasteiger partial charge in [0, 0.05) is 12.1 Å². The number of nitrogens with one attached hydrogen (secondary N) is 1. The van der Waals surface area contributed by atoms with Crippen LogP contribution < -0.4 is 4.98 Å². The minimum Gasteiger partial charge on any atom is -0.186 e. The molecule has 1 N–H and O–H groups in total. The van der Waals surface area contributed by atoms with Crippen LogP contribution in [0.25, 0.3) is 0 Å². The van der Waals surface area contributed by atoms with Crippen LogP contribution in [0.3, 0.4) is 0 Å². The Hall–Kier alpha value is -0.920. The van der Waals surface area contributed by atoms with E-state index in [4.69, 9.17) is 0 Å². The normalized spacial score (nSPS) is 8.71. The zero-order chi connectivity index (χ0) is 5.11. The molecule has 0 atom stereocenters. The number of aromatic nitrogens is 1. The van der Waals surface area contributed by atoms with Crippen molar-refractivity contribution in [3.8, 4) is 0 Å². The molecule has 1 rings (SSSR count). The van der Waals surface area contributed by atoms with Gasteiger partial charge in [0.15, 0.2) is 6.20 Å². The monoisotopic (exact) mass is 98.0 g/mol. The van der Waals surface area contributed by atoms with Crippen LogP contribution in [0.2, 0.25) is 0 Å². The Bertz CT molecular complexity index is 138. The Labute approximate surface area is 40.8 Å². The first-order chi connectivity index (χ1) is 3.39. The molecule has 0 aromatic carbocycles. The third-order valence-electron chi connectivity index (χ3n) is 0.671. The summed E-state index contributed by atoms with van der Waals surface area (Å²) >= 11 is 0. The predicted molar refractivity (Wildman–Crippen MR) is 23.0 cm³/mol. The summed E-state index contributed by atoms with van der Waals surface area (Å²) < 4.78 is 11.9. The Morgan fingerprint density at radius 3 is 2.57 bits per heavy atom. The van der Waals surface area contributed by atoms with Crippen LogP contribution in [0.5, 0.6) is 0 Å². The SMILES string of the molecule is Fc1cccc[nH+]1. The molecule has 0 amide bonds. The second-order valence-corrected chi connectivity index (χ2v) is 1.21. The van der Waals surface area contributed by atoms with Gasteiger partial charge < -0.3 is 0 Å². The van der Waals surface area contributed by atoms with E-state index >= 15 is 0 Å². The first-order valence-corrected chi connectivity index (χ1v) is 2.02. The summed E-state index contributed by atoms with van der Waals surface area (Å²) in [5.74, 6) is -0.303. The molecule has 0 unspecified atom stereocenters. The molecule has 7 heavy (non-hydrogen) atoms. The van der Waals surface area contributed by atoms with Crippen LogP contribution in [0, 0.1) is 5.95 Å². The molecular formula is C5H5FN+. The smallest absolute Gasteiger partial charge is 0.186 e. The molecule has 1 aromatic rings.